The van der Waals surface area contributed by atoms with E-state index in [9.17, 15) is 0 Å². The van der Waals surface area contributed by atoms with Crippen LogP contribution in [0.1, 0.15) is 25.5 Å². The second-order valence-electron chi connectivity index (χ2n) is 4.30. The Hall–Kier alpha value is -1.62. The van der Waals surface area contributed by atoms with Gasteiger partial charge in [0, 0.05) is 19.0 Å². The molecule has 1 saturated heterocycles. The molecular formula is C12H16N4O. The van der Waals surface area contributed by atoms with Crippen molar-refractivity contribution < 1.29 is 4.74 Å². The van der Waals surface area contributed by atoms with E-state index < -0.39 is 0 Å². The van der Waals surface area contributed by atoms with Crippen molar-refractivity contribution in [3.8, 4) is 0 Å². The molecule has 0 aliphatic carbocycles. The Labute approximate surface area is 99.8 Å². The normalized spacial score (nSPS) is 20.6. The Balaban J connectivity index is 1.99. The fourth-order valence-electron chi connectivity index (χ4n) is 2.20. The van der Waals surface area contributed by atoms with Gasteiger partial charge in [0.2, 0.25) is 0 Å². The molecule has 1 atom stereocenters. The zero-order chi connectivity index (χ0) is 11.7. The number of ether oxygens (including phenoxy) is 1. The van der Waals surface area contributed by atoms with Crippen LogP contribution in [-0.2, 0) is 4.74 Å². The molecule has 1 unspecified atom stereocenters. The lowest BCUT2D eigenvalue weighted by molar-refractivity contribution is -0.0370. The molecule has 2 aromatic heterocycles. The third-order valence-electron chi connectivity index (χ3n) is 3.15. The average molecular weight is 232 g/mol. The summed E-state index contributed by atoms with van der Waals surface area (Å²) in [6, 6.07) is 2.05. The van der Waals surface area contributed by atoms with Gasteiger partial charge < -0.3 is 10.1 Å². The first-order valence-electron chi connectivity index (χ1n) is 6.01. The van der Waals surface area contributed by atoms with Crippen LogP contribution in [0.4, 0.5) is 5.69 Å². The van der Waals surface area contributed by atoms with Crippen LogP contribution in [0.3, 0.4) is 0 Å². The van der Waals surface area contributed by atoms with Gasteiger partial charge >= 0.3 is 0 Å². The summed E-state index contributed by atoms with van der Waals surface area (Å²) in [5, 5.41) is 8.52. The average Bonchev–Trinajstić information content (AvgIpc) is 2.82. The Kier molecular flexibility index (Phi) is 2.68. The first-order valence-corrected chi connectivity index (χ1v) is 6.01. The van der Waals surface area contributed by atoms with Gasteiger partial charge in [-0.15, -0.1) is 0 Å². The van der Waals surface area contributed by atoms with E-state index in [0.717, 1.165) is 36.2 Å². The number of aromatic nitrogens is 3. The molecule has 1 N–H and O–H groups in total. The maximum absolute atomic E-state index is 5.73. The summed E-state index contributed by atoms with van der Waals surface area (Å²) in [5.74, 6) is 0. The first kappa shape index (κ1) is 10.5. The minimum Gasteiger partial charge on any atom is -0.387 e. The number of rotatable bonds is 2. The molecule has 0 bridgehead atoms. The van der Waals surface area contributed by atoms with Crippen LogP contribution in [0.2, 0.25) is 0 Å². The van der Waals surface area contributed by atoms with Crippen molar-refractivity contribution in [1.82, 2.24) is 14.8 Å². The summed E-state index contributed by atoms with van der Waals surface area (Å²) in [7, 11) is 1.89. The molecule has 0 radical (unpaired) electrons. The zero-order valence-electron chi connectivity index (χ0n) is 9.89. The van der Waals surface area contributed by atoms with Crippen LogP contribution < -0.4 is 5.32 Å². The van der Waals surface area contributed by atoms with Crippen molar-refractivity contribution in [2.45, 2.75) is 25.5 Å². The van der Waals surface area contributed by atoms with E-state index in [2.05, 4.69) is 21.5 Å². The number of hydrogen-bond acceptors (Lipinski definition) is 4. The molecule has 0 amide bonds. The molecule has 0 aromatic carbocycles. The van der Waals surface area contributed by atoms with Crippen molar-refractivity contribution >= 4 is 16.7 Å². The third kappa shape index (κ3) is 1.86. The lowest BCUT2D eigenvalue weighted by atomic mass is 10.2. The Morgan fingerprint density at radius 2 is 2.35 bits per heavy atom. The second kappa shape index (κ2) is 4.33. The van der Waals surface area contributed by atoms with E-state index in [1.807, 2.05) is 24.1 Å². The van der Waals surface area contributed by atoms with Crippen LogP contribution in [0.5, 0.6) is 0 Å². The maximum Gasteiger partial charge on any atom is 0.160 e. The fourth-order valence-corrected chi connectivity index (χ4v) is 2.20. The van der Waals surface area contributed by atoms with Gasteiger partial charge in [-0.05, 0) is 25.3 Å². The van der Waals surface area contributed by atoms with Crippen LogP contribution in [-0.4, -0.2) is 28.4 Å². The SMILES string of the molecule is CNc1cnc2c(cnn2C2CCCCO2)c1. The summed E-state index contributed by atoms with van der Waals surface area (Å²) < 4.78 is 7.63. The highest BCUT2D eigenvalue weighted by Crippen LogP contribution is 2.25. The van der Waals surface area contributed by atoms with Gasteiger partial charge in [0.05, 0.1) is 18.1 Å². The van der Waals surface area contributed by atoms with Crippen molar-refractivity contribution in [2.75, 3.05) is 19.0 Å². The van der Waals surface area contributed by atoms with Crippen molar-refractivity contribution in [2.24, 2.45) is 0 Å². The Bertz CT molecular complexity index is 516. The molecule has 5 heteroatoms. The fraction of sp³-hybridized carbons (Fsp3) is 0.500. The molecule has 1 fully saturated rings. The van der Waals surface area contributed by atoms with Crippen LogP contribution in [0, 0.1) is 0 Å². The molecular weight excluding hydrogens is 216 g/mol. The predicted molar refractivity (Wildman–Crippen MR) is 65.9 cm³/mol. The molecule has 17 heavy (non-hydrogen) atoms. The molecule has 5 nitrogen and oxygen atoms in total. The van der Waals surface area contributed by atoms with Gasteiger partial charge in [-0.25, -0.2) is 9.67 Å². The lowest BCUT2D eigenvalue weighted by Gasteiger charge is -2.22. The van der Waals surface area contributed by atoms with Gasteiger partial charge in [-0.3, -0.25) is 0 Å². The molecule has 0 saturated carbocycles. The molecule has 1 aliphatic heterocycles. The highest BCUT2D eigenvalue weighted by molar-refractivity contribution is 5.78. The topological polar surface area (TPSA) is 52.0 Å². The molecule has 90 valence electrons. The number of anilines is 1. The minimum absolute atomic E-state index is 0.0502. The van der Waals surface area contributed by atoms with Crippen LogP contribution in [0.15, 0.2) is 18.5 Å². The summed E-state index contributed by atoms with van der Waals surface area (Å²) >= 11 is 0. The van der Waals surface area contributed by atoms with Crippen molar-refractivity contribution in [3.05, 3.63) is 18.5 Å². The van der Waals surface area contributed by atoms with Crippen LogP contribution >= 0.6 is 0 Å². The van der Waals surface area contributed by atoms with E-state index in [1.54, 1.807) is 0 Å². The van der Waals surface area contributed by atoms with Gasteiger partial charge in [0.1, 0.15) is 0 Å². The highest BCUT2D eigenvalue weighted by Gasteiger charge is 2.18. The first-order chi connectivity index (χ1) is 8.38. The second-order valence-corrected chi connectivity index (χ2v) is 4.30. The Morgan fingerprint density at radius 1 is 1.41 bits per heavy atom. The monoisotopic (exact) mass is 232 g/mol. The quantitative estimate of drug-likeness (QED) is 0.862. The number of hydrogen-bond donors (Lipinski definition) is 1. The number of pyridine rings is 1. The number of fused-ring (bicyclic) bond motifs is 1. The van der Waals surface area contributed by atoms with Crippen molar-refractivity contribution in [3.63, 3.8) is 0 Å². The summed E-state index contributed by atoms with van der Waals surface area (Å²) in [4.78, 5) is 4.45. The standard InChI is InChI=1S/C12H16N4O/c1-13-10-6-9-7-15-16(12(9)14-8-10)11-4-2-3-5-17-11/h6-8,11,13H,2-5H2,1H3. The highest BCUT2D eigenvalue weighted by atomic mass is 16.5. The summed E-state index contributed by atoms with van der Waals surface area (Å²) in [6.07, 6.45) is 7.08. The van der Waals surface area contributed by atoms with E-state index >= 15 is 0 Å². The van der Waals surface area contributed by atoms with Crippen molar-refractivity contribution in [1.29, 1.82) is 0 Å². The van der Waals surface area contributed by atoms with E-state index in [4.69, 9.17) is 4.74 Å². The summed E-state index contributed by atoms with van der Waals surface area (Å²) in [6.45, 7) is 0.820. The molecule has 0 spiro atoms. The largest absolute Gasteiger partial charge is 0.387 e. The van der Waals surface area contributed by atoms with Gasteiger partial charge in [-0.1, -0.05) is 0 Å². The number of nitrogens with one attached hydrogen (secondary N) is 1. The summed E-state index contributed by atoms with van der Waals surface area (Å²) in [5.41, 5.74) is 1.90. The maximum atomic E-state index is 5.73. The van der Waals surface area contributed by atoms with Gasteiger partial charge in [0.25, 0.3) is 0 Å². The van der Waals surface area contributed by atoms with E-state index in [0.29, 0.717) is 0 Å². The minimum atomic E-state index is 0.0502. The smallest absolute Gasteiger partial charge is 0.160 e. The third-order valence-corrected chi connectivity index (χ3v) is 3.15. The molecule has 3 rings (SSSR count). The molecule has 2 aromatic rings. The Morgan fingerprint density at radius 3 is 3.12 bits per heavy atom. The van der Waals surface area contributed by atoms with Gasteiger partial charge in [0.15, 0.2) is 11.9 Å². The zero-order valence-corrected chi connectivity index (χ0v) is 9.89. The van der Waals surface area contributed by atoms with Gasteiger partial charge in [-0.2, -0.15) is 5.10 Å². The lowest BCUT2D eigenvalue weighted by Crippen LogP contribution is -2.19. The molecule has 3 heterocycles. The van der Waals surface area contributed by atoms with E-state index in [-0.39, 0.29) is 6.23 Å². The number of nitrogens with zero attached hydrogens (tertiary/aromatic N) is 3. The predicted octanol–water partition coefficient (Wildman–Crippen LogP) is 2.17. The van der Waals surface area contributed by atoms with E-state index in [1.165, 1.54) is 6.42 Å². The molecule has 1 aliphatic rings. The van der Waals surface area contributed by atoms with Crippen LogP contribution in [0.25, 0.3) is 11.0 Å².